The van der Waals surface area contributed by atoms with Gasteiger partial charge in [-0.25, -0.2) is 74.4 Å². The van der Waals surface area contributed by atoms with Crippen LogP contribution in [0, 0.1) is 0 Å². The minimum absolute atomic E-state index is 0.627. The maximum atomic E-state index is 4.80. The Hall–Kier alpha value is -9.71. The molecule has 12 aromatic heterocycles. The number of aromatic nitrogens is 18. The van der Waals surface area contributed by atoms with E-state index in [0.29, 0.717) is 23.8 Å². The fourth-order valence-corrected chi connectivity index (χ4v) is 16.5. The van der Waals surface area contributed by atoms with Crippen LogP contribution in [0.4, 0.5) is 35.7 Å². The van der Waals surface area contributed by atoms with Crippen molar-refractivity contribution in [1.29, 1.82) is 0 Å². The second kappa shape index (κ2) is 50.5. The lowest BCUT2D eigenvalue weighted by atomic mass is 10.1. The van der Waals surface area contributed by atoms with Crippen molar-refractivity contribution in [2.75, 3.05) is 71.2 Å². The molecular formula is C85H122N24OS4. The summed E-state index contributed by atoms with van der Waals surface area (Å²) >= 11 is 7.02. The zero-order valence-electron chi connectivity index (χ0n) is 70.6. The van der Waals surface area contributed by atoms with E-state index in [1.807, 2.05) is 177 Å². The van der Waals surface area contributed by atoms with E-state index < -0.39 is 0 Å². The van der Waals surface area contributed by atoms with E-state index in [1.165, 1.54) is 89.8 Å². The lowest BCUT2D eigenvalue weighted by Crippen LogP contribution is -2.04. The summed E-state index contributed by atoms with van der Waals surface area (Å²) in [4.78, 5) is 66.6. The number of thiophene rings is 2. The van der Waals surface area contributed by atoms with Crippen molar-refractivity contribution in [2.45, 2.75) is 240 Å². The molecule has 0 fully saturated rings. The van der Waals surface area contributed by atoms with Gasteiger partial charge in [-0.1, -0.05) is 88.2 Å². The van der Waals surface area contributed by atoms with Crippen LogP contribution in [0.3, 0.4) is 0 Å². The maximum Gasteiger partial charge on any atom is 0.223 e. The molecule has 29 heteroatoms. The minimum Gasteiger partial charge on any atom is -0.354 e. The molecule has 7 N–H and O–H groups in total. The summed E-state index contributed by atoms with van der Waals surface area (Å²) in [6.45, 7) is 41.3. The van der Waals surface area contributed by atoms with E-state index in [2.05, 4.69) is 158 Å². The van der Waals surface area contributed by atoms with Crippen molar-refractivity contribution in [3.8, 4) is 67.1 Å². The van der Waals surface area contributed by atoms with Gasteiger partial charge in [-0.3, -0.25) is 5.10 Å². The predicted molar refractivity (Wildman–Crippen MR) is 477 cm³/mol. The van der Waals surface area contributed by atoms with Crippen LogP contribution in [0.25, 0.3) is 67.1 Å². The molecule has 612 valence electrons. The Morgan fingerprint density at radius 1 is 0.325 bits per heavy atom. The zero-order valence-corrected chi connectivity index (χ0v) is 73.9. The number of aryl methyl sites for hydroxylation is 12. The summed E-state index contributed by atoms with van der Waals surface area (Å²) in [5.74, 6) is 4.22. The van der Waals surface area contributed by atoms with Crippen LogP contribution < -0.4 is 31.9 Å². The van der Waals surface area contributed by atoms with E-state index in [1.54, 1.807) is 34.0 Å². The van der Waals surface area contributed by atoms with Crippen molar-refractivity contribution < 1.29 is 4.63 Å². The van der Waals surface area contributed by atoms with Crippen LogP contribution in [0.15, 0.2) is 81.2 Å². The van der Waals surface area contributed by atoms with Crippen molar-refractivity contribution in [2.24, 2.45) is 0 Å². The van der Waals surface area contributed by atoms with E-state index in [4.69, 9.17) is 4.63 Å². The summed E-state index contributed by atoms with van der Waals surface area (Å²) < 4.78 is 4.80. The Bertz CT molecular complexity index is 3970. The van der Waals surface area contributed by atoms with Gasteiger partial charge in [0, 0.05) is 114 Å². The van der Waals surface area contributed by atoms with Gasteiger partial charge in [0.05, 0.1) is 56.3 Å². The maximum absolute atomic E-state index is 4.80. The van der Waals surface area contributed by atoms with Crippen LogP contribution in [0.2, 0.25) is 0 Å². The number of hydrogen-bond acceptors (Lipinski definition) is 28. The van der Waals surface area contributed by atoms with Gasteiger partial charge in [-0.15, -0.1) is 34.0 Å². The third-order valence-electron chi connectivity index (χ3n) is 17.9. The average Bonchev–Trinajstić information content (AvgIpc) is 1.69. The van der Waals surface area contributed by atoms with Crippen LogP contribution in [-0.2, 0) is 77.0 Å². The molecule has 0 amide bonds. The summed E-state index contributed by atoms with van der Waals surface area (Å²) in [7, 11) is 0. The van der Waals surface area contributed by atoms with Gasteiger partial charge in [0.15, 0.2) is 5.69 Å². The number of hydrogen-bond donors (Lipinski definition) is 7. The summed E-state index contributed by atoms with van der Waals surface area (Å²) in [5.41, 5.74) is 27.7. The smallest absolute Gasteiger partial charge is 0.223 e. The molecule has 6 aliphatic rings. The van der Waals surface area contributed by atoms with Gasteiger partial charge in [0.25, 0.3) is 0 Å². The lowest BCUT2D eigenvalue weighted by molar-refractivity contribution is 0.303. The molecule has 0 saturated carbocycles. The average molecular weight is 1620 g/mol. The second-order valence-corrected chi connectivity index (χ2v) is 28.4. The molecule has 114 heavy (non-hydrogen) atoms. The summed E-state index contributed by atoms with van der Waals surface area (Å²) in [6, 6.07) is 2.19. The van der Waals surface area contributed by atoms with Gasteiger partial charge in [-0.05, 0) is 218 Å². The first-order valence-electron chi connectivity index (χ1n) is 41.7. The third kappa shape index (κ3) is 24.7. The number of H-pyrrole nitrogens is 1. The molecule has 0 spiro atoms. The fraction of sp³-hybridized carbons (Fsp3) is 0.494. The van der Waals surface area contributed by atoms with E-state index in [-0.39, 0.29) is 0 Å². The Balaban J connectivity index is 0.000000184. The Kier molecular flexibility index (Phi) is 40.5. The summed E-state index contributed by atoms with van der Waals surface area (Å²) in [5, 5.41) is 40.6. The van der Waals surface area contributed by atoms with Crippen LogP contribution in [-0.4, -0.2) is 130 Å². The Labute approximate surface area is 692 Å². The van der Waals surface area contributed by atoms with E-state index in [0.717, 1.165) is 210 Å². The van der Waals surface area contributed by atoms with Crippen LogP contribution in [0.1, 0.15) is 229 Å². The fourth-order valence-electron chi connectivity index (χ4n) is 13.0. The number of anilines is 6. The number of fused-ring (bicyclic) bond motifs is 18. The molecule has 12 heterocycles. The molecule has 0 aromatic carbocycles. The number of nitrogens with one attached hydrogen (secondary N) is 7. The second-order valence-electron chi connectivity index (χ2n) is 24.9. The van der Waals surface area contributed by atoms with Crippen LogP contribution >= 0.6 is 45.3 Å². The minimum atomic E-state index is 0.627. The van der Waals surface area contributed by atoms with Crippen molar-refractivity contribution in [3.05, 3.63) is 142 Å². The highest BCUT2D eigenvalue weighted by Crippen LogP contribution is 2.39. The van der Waals surface area contributed by atoms with Gasteiger partial charge >= 0.3 is 0 Å². The first-order valence-corrected chi connectivity index (χ1v) is 45.3. The first-order chi connectivity index (χ1) is 56.3. The highest BCUT2D eigenvalue weighted by Gasteiger charge is 2.26. The molecule has 0 saturated heterocycles. The molecular weight excluding hydrogens is 1500 g/mol. The van der Waals surface area contributed by atoms with Crippen molar-refractivity contribution in [1.82, 2.24) is 90.3 Å². The topological polar surface area (TPSA) is 320 Å². The van der Waals surface area contributed by atoms with Gasteiger partial charge in [0.2, 0.25) is 35.7 Å². The molecule has 18 rings (SSSR count). The van der Waals surface area contributed by atoms with Crippen molar-refractivity contribution in [3.63, 3.8) is 0 Å². The molecule has 25 nitrogen and oxygen atoms in total. The van der Waals surface area contributed by atoms with Crippen LogP contribution in [0.5, 0.6) is 0 Å². The highest BCUT2D eigenvalue weighted by atomic mass is 32.1. The Morgan fingerprint density at radius 3 is 1.21 bits per heavy atom. The van der Waals surface area contributed by atoms with Gasteiger partial charge < -0.3 is 31.9 Å². The molecule has 0 unspecified atom stereocenters. The number of aromatic amines is 1. The predicted octanol–water partition coefficient (Wildman–Crippen LogP) is 20.7. The van der Waals surface area contributed by atoms with E-state index in [9.17, 15) is 0 Å². The third-order valence-corrected chi connectivity index (χ3v) is 21.4. The van der Waals surface area contributed by atoms with Crippen molar-refractivity contribution >= 4 is 81.0 Å². The van der Waals surface area contributed by atoms with Gasteiger partial charge in [-0.2, -0.15) is 16.4 Å². The molecule has 0 bridgehead atoms. The number of thiazole rings is 2. The SMILES string of the molecule is CC.CC.CC.CC.CC.CC.CCNc1ncc2c(n1)-c1ccsc1CCC2.CCNc1ncc2c(n1)-c1cn[nH]c1CCC2.CCNc1ncc2c(n1)-c1cscc1CCC2.CCNc1ncc2c(n1)-c1ncsc1CCC2.CCNc1ncc2c(n1)-c1nonc1CCC2.CCNc1ncc2c(n1)-c1scnc1CCC2. The number of nitrogens with zero attached hydrogens (tertiary/aromatic N) is 17. The highest BCUT2D eigenvalue weighted by molar-refractivity contribution is 7.13. The first kappa shape index (κ1) is 91.5. The lowest BCUT2D eigenvalue weighted by Gasteiger charge is -2.07. The monoisotopic (exact) mass is 1620 g/mol. The number of rotatable bonds is 12. The zero-order chi connectivity index (χ0) is 82.0. The molecule has 0 atom stereocenters. The van der Waals surface area contributed by atoms with Gasteiger partial charge in [0.1, 0.15) is 17.1 Å². The largest absolute Gasteiger partial charge is 0.354 e. The van der Waals surface area contributed by atoms with E-state index >= 15 is 0 Å². The quantitative estimate of drug-likeness (QED) is 0.0597. The normalized spacial score (nSPS) is 12.6. The standard InChI is InChI=1S/2C13H15N3S.C12H15N5.2C12H14N4S.C11H13N5O.6C2H6/c1-2-14-13-15-6-9-4-3-5-10-7-17-8-11(10)12(9)16-13;1-2-14-13-15-8-9-4-3-5-11-10(6-7-17-11)12(9)16-13;1-2-13-12-14-6-8-4-3-5-10-9(7-15-17-10)11(8)16-12;1-2-13-12-14-6-8-4-3-5-9-11(10(8)16-12)15-7-17-9;1-2-13-12-14-6-8-4-3-5-9-11(10(8)16-12)17-7-15-9;1-2-12-11-13-6-7-4-3-5-8-10(9(7)14-11)16-17-15-8;6*1-2/h2*6-8H,2-5H2,1H3,(H,14,15,16);6-7H,2-5H2,1H3,(H,15,17)(H,13,14,16);2*6-7H,2-5H2,1H3,(H,13,14,16);6H,2-5H2,1H3,(H,12,13,14);6*1-2H3. The molecule has 0 radical (unpaired) electrons. The molecule has 0 aliphatic heterocycles. The molecule has 12 aromatic rings. The summed E-state index contributed by atoms with van der Waals surface area (Å²) in [6.07, 6.45) is 33.0. The molecule has 6 aliphatic carbocycles. The Morgan fingerprint density at radius 2 is 0.711 bits per heavy atom.